The molecule has 0 bridgehead atoms. The molecule has 5 nitrogen and oxygen atoms in total. The Morgan fingerprint density at radius 3 is 2.80 bits per heavy atom. The second kappa shape index (κ2) is 9.00. The first-order valence-electron chi connectivity index (χ1n) is 12.7. The molecule has 0 radical (unpaired) electrons. The van der Waals surface area contributed by atoms with E-state index in [1.54, 1.807) is 0 Å². The molecule has 2 aromatic heterocycles. The lowest BCUT2D eigenvalue weighted by molar-refractivity contribution is 0.456. The molecule has 0 unspecified atom stereocenters. The Labute approximate surface area is 206 Å². The van der Waals surface area contributed by atoms with E-state index in [1.165, 1.54) is 41.9 Å². The quantitative estimate of drug-likeness (QED) is 0.346. The van der Waals surface area contributed by atoms with E-state index >= 15 is 0 Å². The first-order valence-corrected chi connectivity index (χ1v) is 12.7. The van der Waals surface area contributed by atoms with Crippen LogP contribution >= 0.6 is 0 Å². The number of rotatable bonds is 6. The maximum absolute atomic E-state index is 13.5. The lowest BCUT2D eigenvalue weighted by Gasteiger charge is -2.22. The van der Waals surface area contributed by atoms with E-state index in [9.17, 15) is 4.39 Å². The van der Waals surface area contributed by atoms with Crippen molar-refractivity contribution in [1.29, 1.82) is 0 Å². The van der Waals surface area contributed by atoms with Gasteiger partial charge in [0.25, 0.3) is 0 Å². The van der Waals surface area contributed by atoms with E-state index in [0.717, 1.165) is 48.8 Å². The SMILES string of the molecule is CC[C@@H](C)NC[C@H]1CCN(c2ccc3c(c2)Cn2cc(-c4ccc(F)cc4)cc2-c2nccn2-3)C1. The molecule has 0 amide bonds. The minimum Gasteiger partial charge on any atom is -0.371 e. The van der Waals surface area contributed by atoms with E-state index in [0.29, 0.717) is 12.0 Å². The standard InChI is InChI=1S/C29H32FN5/c1-3-20(2)32-16-21-10-12-33(17-21)26-8-9-27-24(14-26)19-34-18-23(22-4-6-25(30)7-5-22)15-28(34)29-31-11-13-35(27)29/h4-9,11,13-15,18,20-21,32H,3,10,12,16-17,19H2,1-2H3/t20-,21-/m1/s1. The highest BCUT2D eigenvalue weighted by atomic mass is 19.1. The van der Waals surface area contributed by atoms with Crippen molar-refractivity contribution in [2.45, 2.75) is 39.3 Å². The maximum atomic E-state index is 13.5. The second-order valence-corrected chi connectivity index (χ2v) is 10.0. The second-order valence-electron chi connectivity index (χ2n) is 10.0. The molecule has 2 aliphatic rings. The third kappa shape index (κ3) is 4.16. The van der Waals surface area contributed by atoms with Crippen LogP contribution in [0, 0.1) is 11.7 Å². The molecule has 2 aliphatic heterocycles. The maximum Gasteiger partial charge on any atom is 0.161 e. The summed E-state index contributed by atoms with van der Waals surface area (Å²) in [5.74, 6) is 1.41. The van der Waals surface area contributed by atoms with Crippen molar-refractivity contribution in [1.82, 2.24) is 19.4 Å². The van der Waals surface area contributed by atoms with E-state index in [-0.39, 0.29) is 5.82 Å². The van der Waals surface area contributed by atoms with Gasteiger partial charge in [0.15, 0.2) is 5.82 Å². The highest BCUT2D eigenvalue weighted by Crippen LogP contribution is 2.36. The third-order valence-electron chi connectivity index (χ3n) is 7.63. The van der Waals surface area contributed by atoms with Crippen molar-refractivity contribution in [3.8, 4) is 28.3 Å². The Morgan fingerprint density at radius 1 is 1.11 bits per heavy atom. The first kappa shape index (κ1) is 22.1. The Morgan fingerprint density at radius 2 is 1.97 bits per heavy atom. The molecule has 4 aromatic rings. The minimum atomic E-state index is -0.216. The molecule has 180 valence electrons. The van der Waals surface area contributed by atoms with Crippen molar-refractivity contribution in [3.05, 3.63) is 78.5 Å². The van der Waals surface area contributed by atoms with Crippen molar-refractivity contribution < 1.29 is 4.39 Å². The molecule has 6 heteroatoms. The molecular weight excluding hydrogens is 437 g/mol. The lowest BCUT2D eigenvalue weighted by Crippen LogP contribution is -2.32. The molecule has 2 atom stereocenters. The summed E-state index contributed by atoms with van der Waals surface area (Å²) < 4.78 is 17.9. The summed E-state index contributed by atoms with van der Waals surface area (Å²) in [6.45, 7) is 8.57. The molecule has 1 saturated heterocycles. The van der Waals surface area contributed by atoms with Crippen molar-refractivity contribution in [2.24, 2.45) is 5.92 Å². The van der Waals surface area contributed by atoms with Crippen LogP contribution < -0.4 is 10.2 Å². The molecule has 6 rings (SSSR count). The number of imidazole rings is 1. The van der Waals surface area contributed by atoms with Gasteiger partial charge in [-0.25, -0.2) is 9.37 Å². The van der Waals surface area contributed by atoms with Crippen LogP contribution in [0.1, 0.15) is 32.3 Å². The number of halogens is 1. The van der Waals surface area contributed by atoms with E-state index in [2.05, 4.69) is 63.7 Å². The van der Waals surface area contributed by atoms with Crippen LogP contribution in [0.25, 0.3) is 28.3 Å². The highest BCUT2D eigenvalue weighted by molar-refractivity contribution is 5.72. The summed E-state index contributed by atoms with van der Waals surface area (Å²) in [6, 6.07) is 16.3. The smallest absolute Gasteiger partial charge is 0.161 e. The summed E-state index contributed by atoms with van der Waals surface area (Å²) in [6.07, 6.45) is 8.47. The van der Waals surface area contributed by atoms with Crippen LogP contribution in [0.4, 0.5) is 10.1 Å². The van der Waals surface area contributed by atoms with E-state index < -0.39 is 0 Å². The van der Waals surface area contributed by atoms with Gasteiger partial charge < -0.3 is 14.8 Å². The van der Waals surface area contributed by atoms with Crippen LogP contribution in [-0.4, -0.2) is 39.8 Å². The van der Waals surface area contributed by atoms with Crippen LogP contribution in [0.3, 0.4) is 0 Å². The van der Waals surface area contributed by atoms with Gasteiger partial charge in [0.05, 0.1) is 11.4 Å². The number of benzene rings is 2. The Hall–Kier alpha value is -3.38. The highest BCUT2D eigenvalue weighted by Gasteiger charge is 2.25. The van der Waals surface area contributed by atoms with Crippen LogP contribution in [-0.2, 0) is 6.54 Å². The average Bonchev–Trinajstić information content (AvgIpc) is 3.62. The molecule has 0 aliphatic carbocycles. The van der Waals surface area contributed by atoms with Crippen LogP contribution in [0.15, 0.2) is 67.1 Å². The largest absolute Gasteiger partial charge is 0.371 e. The van der Waals surface area contributed by atoms with Gasteiger partial charge in [-0.15, -0.1) is 0 Å². The Balaban J connectivity index is 1.30. The first-order chi connectivity index (χ1) is 17.1. The zero-order valence-electron chi connectivity index (χ0n) is 20.4. The summed E-state index contributed by atoms with van der Waals surface area (Å²) in [7, 11) is 0. The van der Waals surface area contributed by atoms with Gasteiger partial charge in [-0.2, -0.15) is 0 Å². The monoisotopic (exact) mass is 469 g/mol. The number of nitrogens with one attached hydrogen (secondary N) is 1. The Kier molecular flexibility index (Phi) is 5.69. The lowest BCUT2D eigenvalue weighted by atomic mass is 10.1. The molecular formula is C29H32FN5. The molecule has 0 spiro atoms. The molecule has 35 heavy (non-hydrogen) atoms. The Bertz CT molecular complexity index is 1340. The summed E-state index contributed by atoms with van der Waals surface area (Å²) >= 11 is 0. The van der Waals surface area contributed by atoms with Crippen molar-refractivity contribution >= 4 is 5.69 Å². The summed E-state index contributed by atoms with van der Waals surface area (Å²) in [4.78, 5) is 7.23. The average molecular weight is 470 g/mol. The normalized spacial score (nSPS) is 17.6. The molecule has 2 aromatic carbocycles. The number of anilines is 1. The topological polar surface area (TPSA) is 38.0 Å². The van der Waals surface area contributed by atoms with E-state index in [1.807, 2.05) is 24.5 Å². The van der Waals surface area contributed by atoms with Crippen LogP contribution in [0.2, 0.25) is 0 Å². The predicted octanol–water partition coefficient (Wildman–Crippen LogP) is 5.72. The van der Waals surface area contributed by atoms with Gasteiger partial charge in [-0.05, 0) is 79.8 Å². The number of nitrogens with zero attached hydrogens (tertiary/aromatic N) is 4. The zero-order valence-corrected chi connectivity index (χ0v) is 20.4. The fourth-order valence-corrected chi connectivity index (χ4v) is 5.38. The van der Waals surface area contributed by atoms with Gasteiger partial charge in [0.1, 0.15) is 5.82 Å². The van der Waals surface area contributed by atoms with Gasteiger partial charge in [-0.1, -0.05) is 19.1 Å². The zero-order chi connectivity index (χ0) is 23.9. The summed E-state index contributed by atoms with van der Waals surface area (Å²) in [5.41, 5.74) is 6.92. The predicted molar refractivity (Wildman–Crippen MR) is 140 cm³/mol. The molecule has 1 fully saturated rings. The number of fused-ring (bicyclic) bond motifs is 5. The van der Waals surface area contributed by atoms with E-state index in [4.69, 9.17) is 4.98 Å². The van der Waals surface area contributed by atoms with Crippen molar-refractivity contribution in [2.75, 3.05) is 24.5 Å². The third-order valence-corrected chi connectivity index (χ3v) is 7.63. The summed E-state index contributed by atoms with van der Waals surface area (Å²) in [5, 5.41) is 3.68. The van der Waals surface area contributed by atoms with Gasteiger partial charge >= 0.3 is 0 Å². The van der Waals surface area contributed by atoms with Gasteiger partial charge in [0.2, 0.25) is 0 Å². The number of hydrogen-bond acceptors (Lipinski definition) is 3. The fraction of sp³-hybridized carbons (Fsp3) is 0.345. The fourth-order valence-electron chi connectivity index (χ4n) is 5.38. The van der Waals surface area contributed by atoms with Crippen LogP contribution in [0.5, 0.6) is 0 Å². The van der Waals surface area contributed by atoms with Gasteiger partial charge in [0, 0.05) is 55.5 Å². The molecule has 0 saturated carbocycles. The minimum absolute atomic E-state index is 0.216. The number of hydrogen-bond donors (Lipinski definition) is 1. The van der Waals surface area contributed by atoms with Gasteiger partial charge in [-0.3, -0.25) is 4.57 Å². The molecule has 1 N–H and O–H groups in total. The molecule has 4 heterocycles. The van der Waals surface area contributed by atoms with Crippen molar-refractivity contribution in [3.63, 3.8) is 0 Å². The number of aromatic nitrogens is 3.